The number of allylic oxidation sites excluding steroid dienone is 1. The highest BCUT2D eigenvalue weighted by atomic mass is 19.2. The number of halogens is 5. The molecule has 1 atom stereocenters. The maximum atomic E-state index is 14.2. The Hall–Kier alpha value is -3.29. The van der Waals surface area contributed by atoms with Crippen LogP contribution in [-0.2, 0) is 6.42 Å². The van der Waals surface area contributed by atoms with Crippen LogP contribution in [0.4, 0.5) is 22.0 Å². The summed E-state index contributed by atoms with van der Waals surface area (Å²) in [6.07, 6.45) is 1.46. The number of rotatable bonds is 2. The van der Waals surface area contributed by atoms with Gasteiger partial charge >= 0.3 is 5.97 Å². The fourth-order valence-corrected chi connectivity index (χ4v) is 3.90. The van der Waals surface area contributed by atoms with E-state index in [4.69, 9.17) is 0 Å². The number of fused-ring (bicyclic) bond motifs is 2. The molecule has 8 heteroatoms. The minimum Gasteiger partial charge on any atom is -0.478 e. The lowest BCUT2D eigenvalue weighted by atomic mass is 9.80. The molecular formula is C22H14F5NO2. The summed E-state index contributed by atoms with van der Waals surface area (Å²) in [7, 11) is 0. The number of benzene rings is 2. The van der Waals surface area contributed by atoms with E-state index in [9.17, 15) is 31.9 Å². The molecule has 154 valence electrons. The molecule has 30 heavy (non-hydrogen) atoms. The number of pyridine rings is 1. The van der Waals surface area contributed by atoms with Gasteiger partial charge in [-0.1, -0.05) is 25.1 Å². The normalized spacial score (nSPS) is 17.4. The molecule has 1 unspecified atom stereocenters. The molecule has 1 aliphatic rings. The molecule has 0 radical (unpaired) electrons. The zero-order chi connectivity index (χ0) is 21.7. The summed E-state index contributed by atoms with van der Waals surface area (Å²) in [4.78, 5) is 16.4. The summed E-state index contributed by atoms with van der Waals surface area (Å²) < 4.78 is 69.0. The summed E-state index contributed by atoms with van der Waals surface area (Å²) in [5.41, 5.74) is 0.0636. The third kappa shape index (κ3) is 3.03. The zero-order valence-electron chi connectivity index (χ0n) is 15.6. The molecule has 1 aromatic heterocycles. The lowest BCUT2D eigenvalue weighted by molar-refractivity contribution is 0.0697. The molecular weight excluding hydrogens is 405 g/mol. The van der Waals surface area contributed by atoms with Gasteiger partial charge in [-0.2, -0.15) is 0 Å². The molecule has 0 fully saturated rings. The third-order valence-electron chi connectivity index (χ3n) is 5.19. The molecule has 2 aromatic carbocycles. The molecule has 0 saturated heterocycles. The van der Waals surface area contributed by atoms with Crippen LogP contribution in [0.2, 0.25) is 0 Å². The number of aromatic carboxylic acids is 1. The standard InChI is InChI=1S/C22H14F5NO2/c1-9-6-10(8-13-16(23)18(25)20(27)19(26)17(13)24)21-12(7-9)15(22(29)30)11-4-2-3-5-14(11)28-21/h2-5,8-9H,6-7H2,1H3,(H,29,30)/b10-8-. The van der Waals surface area contributed by atoms with Crippen molar-refractivity contribution in [2.45, 2.75) is 19.8 Å². The van der Waals surface area contributed by atoms with Crippen LogP contribution in [0.5, 0.6) is 0 Å². The Balaban J connectivity index is 2.04. The highest BCUT2D eigenvalue weighted by Gasteiger charge is 2.30. The predicted molar refractivity (Wildman–Crippen MR) is 100 cm³/mol. The van der Waals surface area contributed by atoms with Crippen LogP contribution >= 0.6 is 0 Å². The number of hydrogen-bond acceptors (Lipinski definition) is 2. The second-order valence-electron chi connectivity index (χ2n) is 7.30. The van der Waals surface area contributed by atoms with E-state index in [1.54, 1.807) is 31.2 Å². The van der Waals surface area contributed by atoms with E-state index < -0.39 is 40.6 Å². The minimum absolute atomic E-state index is 0.0189. The van der Waals surface area contributed by atoms with Crippen molar-refractivity contribution in [1.29, 1.82) is 0 Å². The van der Waals surface area contributed by atoms with Gasteiger partial charge in [-0.3, -0.25) is 0 Å². The van der Waals surface area contributed by atoms with Gasteiger partial charge in [0.1, 0.15) is 0 Å². The van der Waals surface area contributed by atoms with Gasteiger partial charge in [0.2, 0.25) is 5.82 Å². The Morgan fingerprint density at radius 3 is 2.23 bits per heavy atom. The Morgan fingerprint density at radius 2 is 1.60 bits per heavy atom. The molecule has 0 saturated carbocycles. The smallest absolute Gasteiger partial charge is 0.336 e. The summed E-state index contributed by atoms with van der Waals surface area (Å²) in [5, 5.41) is 10.2. The monoisotopic (exact) mass is 419 g/mol. The van der Waals surface area contributed by atoms with Crippen LogP contribution in [0.3, 0.4) is 0 Å². The maximum absolute atomic E-state index is 14.2. The van der Waals surface area contributed by atoms with Gasteiger partial charge in [-0.25, -0.2) is 31.7 Å². The first kappa shape index (κ1) is 20.0. The van der Waals surface area contributed by atoms with E-state index in [-0.39, 0.29) is 29.2 Å². The molecule has 0 bridgehead atoms. The molecule has 0 amide bonds. The quantitative estimate of drug-likeness (QED) is 0.327. The lowest BCUT2D eigenvalue weighted by Gasteiger charge is -2.26. The second-order valence-corrected chi connectivity index (χ2v) is 7.30. The van der Waals surface area contributed by atoms with Gasteiger partial charge in [0.05, 0.1) is 22.3 Å². The molecule has 0 aliphatic heterocycles. The first-order chi connectivity index (χ1) is 14.2. The van der Waals surface area contributed by atoms with Gasteiger partial charge in [0.25, 0.3) is 0 Å². The van der Waals surface area contributed by atoms with Gasteiger partial charge in [0.15, 0.2) is 23.3 Å². The number of nitrogens with zero attached hydrogens (tertiary/aromatic N) is 1. The Morgan fingerprint density at radius 1 is 1.00 bits per heavy atom. The first-order valence-electron chi connectivity index (χ1n) is 9.08. The number of aromatic nitrogens is 1. The number of hydrogen-bond donors (Lipinski definition) is 1. The topological polar surface area (TPSA) is 50.2 Å². The van der Waals surface area contributed by atoms with Crippen molar-refractivity contribution in [2.75, 3.05) is 0 Å². The molecule has 1 N–H and O–H groups in total. The van der Waals surface area contributed by atoms with Gasteiger partial charge in [0, 0.05) is 5.39 Å². The van der Waals surface area contributed by atoms with E-state index >= 15 is 0 Å². The predicted octanol–water partition coefficient (Wildman–Crippen LogP) is 5.75. The molecule has 3 nitrogen and oxygen atoms in total. The van der Waals surface area contributed by atoms with Crippen molar-refractivity contribution in [2.24, 2.45) is 5.92 Å². The van der Waals surface area contributed by atoms with Crippen molar-refractivity contribution in [3.8, 4) is 0 Å². The van der Waals surface area contributed by atoms with Gasteiger partial charge < -0.3 is 5.11 Å². The van der Waals surface area contributed by atoms with Crippen molar-refractivity contribution < 1.29 is 31.9 Å². The highest BCUT2D eigenvalue weighted by Crippen LogP contribution is 2.39. The van der Waals surface area contributed by atoms with Crippen molar-refractivity contribution in [3.63, 3.8) is 0 Å². The number of carbonyl (C=O) groups is 1. The summed E-state index contributed by atoms with van der Waals surface area (Å²) in [5.74, 6) is -11.5. The molecule has 0 spiro atoms. The lowest BCUT2D eigenvalue weighted by Crippen LogP contribution is -2.18. The Labute approximate surface area is 167 Å². The van der Waals surface area contributed by atoms with E-state index in [2.05, 4.69) is 4.98 Å². The fraction of sp³-hybridized carbons (Fsp3) is 0.182. The van der Waals surface area contributed by atoms with Crippen LogP contribution < -0.4 is 0 Å². The molecule has 1 aliphatic carbocycles. The average Bonchev–Trinajstić information content (AvgIpc) is 2.72. The number of para-hydroxylation sites is 1. The zero-order valence-corrected chi connectivity index (χ0v) is 15.6. The summed E-state index contributed by atoms with van der Waals surface area (Å²) in [6, 6.07) is 6.53. The maximum Gasteiger partial charge on any atom is 0.336 e. The van der Waals surface area contributed by atoms with E-state index in [0.29, 0.717) is 22.9 Å². The van der Waals surface area contributed by atoms with Gasteiger partial charge in [-0.15, -0.1) is 0 Å². The highest BCUT2D eigenvalue weighted by molar-refractivity contribution is 6.05. The van der Waals surface area contributed by atoms with Crippen molar-refractivity contribution in [3.05, 3.63) is 75.7 Å². The van der Waals surface area contributed by atoms with Crippen LogP contribution in [0.25, 0.3) is 22.6 Å². The largest absolute Gasteiger partial charge is 0.478 e. The van der Waals surface area contributed by atoms with E-state index in [0.717, 1.165) is 6.08 Å². The van der Waals surface area contributed by atoms with E-state index in [1.165, 1.54) is 0 Å². The average molecular weight is 419 g/mol. The van der Waals surface area contributed by atoms with Crippen LogP contribution in [-0.4, -0.2) is 16.1 Å². The van der Waals surface area contributed by atoms with Crippen LogP contribution in [0.1, 0.15) is 40.5 Å². The SMILES string of the molecule is CC1C/C(=C/c2c(F)c(F)c(F)c(F)c2F)c2nc3ccccc3c(C(=O)O)c2C1. The van der Waals surface area contributed by atoms with Gasteiger partial charge in [-0.05, 0) is 42.0 Å². The first-order valence-corrected chi connectivity index (χ1v) is 9.08. The van der Waals surface area contributed by atoms with Crippen LogP contribution in [0, 0.1) is 35.0 Å². The molecule has 3 aromatic rings. The van der Waals surface area contributed by atoms with Crippen molar-refractivity contribution >= 4 is 28.5 Å². The Kier molecular flexibility index (Phi) is 4.80. The van der Waals surface area contributed by atoms with E-state index in [1.807, 2.05) is 0 Å². The number of carboxylic acids is 1. The summed E-state index contributed by atoms with van der Waals surface area (Å²) in [6.45, 7) is 1.80. The molecule has 1 heterocycles. The summed E-state index contributed by atoms with van der Waals surface area (Å²) >= 11 is 0. The minimum atomic E-state index is -2.23. The fourth-order valence-electron chi connectivity index (χ4n) is 3.90. The molecule has 4 rings (SSSR count). The van der Waals surface area contributed by atoms with Crippen LogP contribution in [0.15, 0.2) is 24.3 Å². The number of carboxylic acid groups (broad SMARTS) is 1. The van der Waals surface area contributed by atoms with Crippen molar-refractivity contribution in [1.82, 2.24) is 4.98 Å². The third-order valence-corrected chi connectivity index (χ3v) is 5.19. The second kappa shape index (κ2) is 7.19. The Bertz CT molecular complexity index is 1220.